The number of nitrogens with one attached hydrogen (secondary N) is 1. The lowest BCUT2D eigenvalue weighted by molar-refractivity contribution is 0.320. The molecule has 0 saturated heterocycles. The van der Waals surface area contributed by atoms with Crippen LogP contribution in [0.1, 0.15) is 5.69 Å². The predicted molar refractivity (Wildman–Crippen MR) is 52.3 cm³/mol. The summed E-state index contributed by atoms with van der Waals surface area (Å²) in [5.41, 5.74) is 2.17. The minimum absolute atomic E-state index is 0.630. The summed E-state index contributed by atoms with van der Waals surface area (Å²) in [7, 11) is 0. The van der Waals surface area contributed by atoms with Gasteiger partial charge in [-0.25, -0.2) is 0 Å². The number of rotatable bonds is 2. The first-order chi connectivity index (χ1) is 6.40. The van der Waals surface area contributed by atoms with Crippen LogP contribution in [0, 0.1) is 0 Å². The number of fused-ring (bicyclic) bond motifs is 1. The number of hydrogen-bond donors (Lipinski definition) is 2. The second-order valence-corrected chi connectivity index (χ2v) is 2.88. The molecule has 3 nitrogen and oxygen atoms in total. The summed E-state index contributed by atoms with van der Waals surface area (Å²) >= 11 is 0. The Hall–Kier alpha value is -1.77. The topological polar surface area (TPSA) is 48.4 Å². The minimum Gasteiger partial charge on any atom is -0.411 e. The number of aromatic nitrogens is 1. The molecule has 0 atom stereocenters. The SMILES string of the molecule is O/N=C/Cc1cc2ccccc2[nH]1. The highest BCUT2D eigenvalue weighted by Crippen LogP contribution is 2.14. The van der Waals surface area contributed by atoms with Gasteiger partial charge in [-0.15, -0.1) is 5.16 Å². The van der Waals surface area contributed by atoms with E-state index in [4.69, 9.17) is 5.21 Å². The molecule has 0 aliphatic heterocycles. The number of benzene rings is 1. The lowest BCUT2D eigenvalue weighted by Gasteiger charge is -1.86. The average molecular weight is 174 g/mol. The quantitative estimate of drug-likeness (QED) is 0.409. The summed E-state index contributed by atoms with van der Waals surface area (Å²) in [4.78, 5) is 3.23. The molecular formula is C10H10N2O. The highest BCUT2D eigenvalue weighted by molar-refractivity contribution is 5.81. The van der Waals surface area contributed by atoms with E-state index in [2.05, 4.69) is 16.2 Å². The molecule has 3 heteroatoms. The fourth-order valence-corrected chi connectivity index (χ4v) is 1.38. The fraction of sp³-hybridized carbons (Fsp3) is 0.100. The van der Waals surface area contributed by atoms with Crippen LogP contribution in [0.5, 0.6) is 0 Å². The summed E-state index contributed by atoms with van der Waals surface area (Å²) in [5, 5.41) is 12.4. The number of para-hydroxylation sites is 1. The summed E-state index contributed by atoms with van der Waals surface area (Å²) in [6.07, 6.45) is 2.09. The molecule has 13 heavy (non-hydrogen) atoms. The maximum Gasteiger partial charge on any atom is 0.0494 e. The number of aromatic amines is 1. The van der Waals surface area contributed by atoms with Gasteiger partial charge in [-0.2, -0.15) is 0 Å². The molecule has 0 unspecified atom stereocenters. The predicted octanol–water partition coefficient (Wildman–Crippen LogP) is 2.17. The molecule has 1 aromatic carbocycles. The molecule has 0 amide bonds. The van der Waals surface area contributed by atoms with Crippen LogP contribution in [0.3, 0.4) is 0 Å². The van der Waals surface area contributed by atoms with Gasteiger partial charge in [0, 0.05) is 23.8 Å². The zero-order valence-electron chi connectivity index (χ0n) is 7.07. The third-order valence-corrected chi connectivity index (χ3v) is 1.98. The number of oxime groups is 1. The van der Waals surface area contributed by atoms with Gasteiger partial charge in [0.05, 0.1) is 0 Å². The molecule has 0 aliphatic rings. The van der Waals surface area contributed by atoms with Crippen LogP contribution >= 0.6 is 0 Å². The van der Waals surface area contributed by atoms with Crippen molar-refractivity contribution in [3.8, 4) is 0 Å². The first kappa shape index (κ1) is 7.86. The van der Waals surface area contributed by atoms with Gasteiger partial charge < -0.3 is 10.2 Å². The molecule has 2 rings (SSSR count). The van der Waals surface area contributed by atoms with Gasteiger partial charge in [0.2, 0.25) is 0 Å². The zero-order valence-corrected chi connectivity index (χ0v) is 7.07. The lowest BCUT2D eigenvalue weighted by atomic mass is 10.2. The van der Waals surface area contributed by atoms with Gasteiger partial charge in [0.25, 0.3) is 0 Å². The molecule has 2 aromatic rings. The van der Waals surface area contributed by atoms with Crippen molar-refractivity contribution < 1.29 is 5.21 Å². The number of hydrogen-bond acceptors (Lipinski definition) is 2. The van der Waals surface area contributed by atoms with Crippen LogP contribution in [-0.2, 0) is 6.42 Å². The van der Waals surface area contributed by atoms with E-state index < -0.39 is 0 Å². The zero-order chi connectivity index (χ0) is 9.10. The van der Waals surface area contributed by atoms with Crippen LogP contribution in [0.4, 0.5) is 0 Å². The van der Waals surface area contributed by atoms with E-state index in [9.17, 15) is 0 Å². The van der Waals surface area contributed by atoms with E-state index in [1.807, 2.05) is 24.3 Å². The van der Waals surface area contributed by atoms with Crippen molar-refractivity contribution >= 4 is 17.1 Å². The molecule has 1 aromatic heterocycles. The molecule has 0 bridgehead atoms. The standard InChI is InChI=1S/C10H10N2O/c13-11-6-5-9-7-8-3-1-2-4-10(8)12-9/h1-4,6-7,12-13H,5H2/b11-6+. The first-order valence-electron chi connectivity index (χ1n) is 4.12. The van der Waals surface area contributed by atoms with Crippen LogP contribution in [0.15, 0.2) is 35.5 Å². The van der Waals surface area contributed by atoms with Crippen LogP contribution in [0.25, 0.3) is 10.9 Å². The monoisotopic (exact) mass is 174 g/mol. The van der Waals surface area contributed by atoms with Gasteiger partial charge in [-0.1, -0.05) is 18.2 Å². The van der Waals surface area contributed by atoms with E-state index in [0.717, 1.165) is 11.2 Å². The Labute approximate surface area is 75.7 Å². The second kappa shape index (κ2) is 3.31. The van der Waals surface area contributed by atoms with Crippen molar-refractivity contribution in [3.63, 3.8) is 0 Å². The number of H-pyrrole nitrogens is 1. The highest BCUT2D eigenvalue weighted by atomic mass is 16.4. The van der Waals surface area contributed by atoms with Crippen molar-refractivity contribution in [2.24, 2.45) is 5.16 Å². The Kier molecular flexibility index (Phi) is 2.00. The van der Waals surface area contributed by atoms with E-state index >= 15 is 0 Å². The van der Waals surface area contributed by atoms with Crippen molar-refractivity contribution in [3.05, 3.63) is 36.0 Å². The normalized spacial score (nSPS) is 11.4. The maximum atomic E-state index is 8.26. The fourth-order valence-electron chi connectivity index (χ4n) is 1.38. The Morgan fingerprint density at radius 3 is 3.00 bits per heavy atom. The molecule has 1 heterocycles. The Bertz CT molecular complexity index is 398. The molecule has 0 spiro atoms. The molecule has 0 saturated carbocycles. The van der Waals surface area contributed by atoms with Crippen LogP contribution in [0.2, 0.25) is 0 Å². The largest absolute Gasteiger partial charge is 0.411 e. The molecule has 2 N–H and O–H groups in total. The van der Waals surface area contributed by atoms with Gasteiger partial charge in [-0.05, 0) is 17.5 Å². The Morgan fingerprint density at radius 1 is 1.38 bits per heavy atom. The highest BCUT2D eigenvalue weighted by Gasteiger charge is 1.97. The summed E-state index contributed by atoms with van der Waals surface area (Å²) < 4.78 is 0. The van der Waals surface area contributed by atoms with E-state index in [1.165, 1.54) is 11.6 Å². The Morgan fingerprint density at radius 2 is 2.23 bits per heavy atom. The first-order valence-corrected chi connectivity index (χ1v) is 4.12. The molecule has 0 radical (unpaired) electrons. The van der Waals surface area contributed by atoms with Crippen molar-refractivity contribution in [2.75, 3.05) is 0 Å². The number of nitrogens with zero attached hydrogens (tertiary/aromatic N) is 1. The van der Waals surface area contributed by atoms with Crippen molar-refractivity contribution in [1.82, 2.24) is 4.98 Å². The summed E-state index contributed by atoms with van der Waals surface area (Å²) in [6, 6.07) is 10.1. The third kappa shape index (κ3) is 1.54. The molecule has 66 valence electrons. The van der Waals surface area contributed by atoms with Crippen LogP contribution in [-0.4, -0.2) is 16.4 Å². The summed E-state index contributed by atoms with van der Waals surface area (Å²) in [5.74, 6) is 0. The van der Waals surface area contributed by atoms with Crippen molar-refractivity contribution in [1.29, 1.82) is 0 Å². The summed E-state index contributed by atoms with van der Waals surface area (Å²) in [6.45, 7) is 0. The van der Waals surface area contributed by atoms with E-state index in [-0.39, 0.29) is 0 Å². The van der Waals surface area contributed by atoms with Gasteiger partial charge >= 0.3 is 0 Å². The Balaban J connectivity index is 2.38. The smallest absolute Gasteiger partial charge is 0.0494 e. The molecular weight excluding hydrogens is 164 g/mol. The molecule has 0 fully saturated rings. The maximum absolute atomic E-state index is 8.26. The minimum atomic E-state index is 0.630. The third-order valence-electron chi connectivity index (χ3n) is 1.98. The molecule has 0 aliphatic carbocycles. The van der Waals surface area contributed by atoms with E-state index in [0.29, 0.717) is 6.42 Å². The van der Waals surface area contributed by atoms with Gasteiger partial charge in [-0.3, -0.25) is 0 Å². The van der Waals surface area contributed by atoms with Crippen molar-refractivity contribution in [2.45, 2.75) is 6.42 Å². The van der Waals surface area contributed by atoms with Crippen LogP contribution < -0.4 is 0 Å². The lowest BCUT2D eigenvalue weighted by Crippen LogP contribution is -1.84. The average Bonchev–Trinajstić information content (AvgIpc) is 2.57. The van der Waals surface area contributed by atoms with E-state index in [1.54, 1.807) is 0 Å². The van der Waals surface area contributed by atoms with Gasteiger partial charge in [0.15, 0.2) is 0 Å². The van der Waals surface area contributed by atoms with Gasteiger partial charge in [0.1, 0.15) is 0 Å². The second-order valence-electron chi connectivity index (χ2n) is 2.88.